The fourth-order valence-electron chi connectivity index (χ4n) is 3.53. The zero-order valence-corrected chi connectivity index (χ0v) is 20.5. The maximum absolute atomic E-state index is 13.3. The highest BCUT2D eigenvalue weighted by Crippen LogP contribution is 2.20. The average molecular weight is 518 g/mol. The maximum atomic E-state index is 13.3. The predicted molar refractivity (Wildman–Crippen MR) is 137 cm³/mol. The Morgan fingerprint density at radius 2 is 1.68 bits per heavy atom. The number of anilines is 1. The highest BCUT2D eigenvalue weighted by atomic mass is 79.9. The molecule has 0 aliphatic carbocycles. The smallest absolute Gasteiger partial charge is 0.270 e. The van der Waals surface area contributed by atoms with E-state index >= 15 is 0 Å². The number of aromatic nitrogens is 2. The van der Waals surface area contributed by atoms with Crippen molar-refractivity contribution in [1.82, 2.24) is 9.78 Å². The first kappa shape index (κ1) is 23.4. The number of carbonyl (C=O) groups excluding carboxylic acids is 1. The Morgan fingerprint density at radius 3 is 2.32 bits per heavy atom. The van der Waals surface area contributed by atoms with Crippen molar-refractivity contribution in [3.8, 4) is 17.0 Å². The zero-order chi connectivity index (χ0) is 24.1. The fourth-order valence-corrected chi connectivity index (χ4v) is 3.79. The molecule has 0 aliphatic rings. The Kier molecular flexibility index (Phi) is 7.23. The summed E-state index contributed by atoms with van der Waals surface area (Å²) >= 11 is 3.38. The summed E-state index contributed by atoms with van der Waals surface area (Å²) in [5.41, 5.74) is 4.52. The summed E-state index contributed by atoms with van der Waals surface area (Å²) in [5, 5.41) is 7.33. The van der Waals surface area contributed by atoms with Crippen LogP contribution in [0.15, 0.2) is 88.1 Å². The largest absolute Gasteiger partial charge is 0.497 e. The molecule has 172 valence electrons. The molecule has 3 aromatic carbocycles. The highest BCUT2D eigenvalue weighted by molar-refractivity contribution is 9.10. The van der Waals surface area contributed by atoms with E-state index in [4.69, 9.17) is 4.74 Å². The number of amides is 1. The lowest BCUT2D eigenvalue weighted by Gasteiger charge is -2.12. The minimum absolute atomic E-state index is 0.190. The Morgan fingerprint density at radius 1 is 1.00 bits per heavy atom. The molecule has 4 aromatic rings. The van der Waals surface area contributed by atoms with E-state index < -0.39 is 0 Å². The molecule has 0 atom stereocenters. The third-order valence-corrected chi connectivity index (χ3v) is 5.90. The van der Waals surface area contributed by atoms with Gasteiger partial charge in [-0.25, -0.2) is 4.68 Å². The van der Waals surface area contributed by atoms with Gasteiger partial charge in [0.2, 0.25) is 5.91 Å². The van der Waals surface area contributed by atoms with Crippen LogP contribution in [0.4, 0.5) is 5.69 Å². The van der Waals surface area contributed by atoms with E-state index in [0.717, 1.165) is 26.9 Å². The van der Waals surface area contributed by atoms with Gasteiger partial charge in [0.1, 0.15) is 12.3 Å². The van der Waals surface area contributed by atoms with Gasteiger partial charge in [-0.1, -0.05) is 57.9 Å². The second-order valence-corrected chi connectivity index (χ2v) is 8.88. The van der Waals surface area contributed by atoms with Gasteiger partial charge in [-0.15, -0.1) is 0 Å². The summed E-state index contributed by atoms with van der Waals surface area (Å²) in [7, 11) is 1.61. The third-order valence-electron chi connectivity index (χ3n) is 5.37. The van der Waals surface area contributed by atoms with Crippen molar-refractivity contribution in [2.45, 2.75) is 19.9 Å². The van der Waals surface area contributed by atoms with E-state index in [9.17, 15) is 9.59 Å². The quantitative estimate of drug-likeness (QED) is 0.364. The molecule has 0 saturated carbocycles. The molecule has 0 radical (unpaired) electrons. The predicted octanol–water partition coefficient (Wildman–Crippen LogP) is 5.22. The van der Waals surface area contributed by atoms with Crippen LogP contribution in [-0.4, -0.2) is 22.8 Å². The topological polar surface area (TPSA) is 73.2 Å². The lowest BCUT2D eigenvalue weighted by atomic mass is 10.0. The van der Waals surface area contributed by atoms with Crippen molar-refractivity contribution in [2.24, 2.45) is 0 Å². The minimum Gasteiger partial charge on any atom is -0.497 e. The van der Waals surface area contributed by atoms with Crippen molar-refractivity contribution in [1.29, 1.82) is 0 Å². The van der Waals surface area contributed by atoms with Gasteiger partial charge >= 0.3 is 0 Å². The number of carbonyl (C=O) groups is 1. The van der Waals surface area contributed by atoms with Gasteiger partial charge in [-0.3, -0.25) is 9.59 Å². The molecule has 0 fully saturated rings. The molecule has 0 aliphatic heterocycles. The molecule has 1 N–H and O–H groups in total. The van der Waals surface area contributed by atoms with E-state index in [1.807, 2.05) is 67.6 Å². The molecule has 0 bridgehead atoms. The van der Waals surface area contributed by atoms with E-state index in [1.54, 1.807) is 25.3 Å². The molecule has 34 heavy (non-hydrogen) atoms. The molecule has 7 heteroatoms. The summed E-state index contributed by atoms with van der Waals surface area (Å²) in [5.74, 6) is 0.425. The van der Waals surface area contributed by atoms with Crippen molar-refractivity contribution in [3.05, 3.63) is 110 Å². The van der Waals surface area contributed by atoms with Crippen LogP contribution in [0.5, 0.6) is 5.75 Å². The van der Waals surface area contributed by atoms with E-state index in [0.29, 0.717) is 23.4 Å². The number of benzene rings is 3. The average Bonchev–Trinajstić information content (AvgIpc) is 2.84. The molecule has 6 nitrogen and oxygen atoms in total. The lowest BCUT2D eigenvalue weighted by Crippen LogP contribution is -2.32. The van der Waals surface area contributed by atoms with Gasteiger partial charge in [0.05, 0.1) is 12.8 Å². The number of nitrogens with one attached hydrogen (secondary N) is 1. The zero-order valence-electron chi connectivity index (χ0n) is 18.9. The van der Waals surface area contributed by atoms with Crippen LogP contribution < -0.4 is 15.6 Å². The molecular formula is C27H24BrN3O3. The highest BCUT2D eigenvalue weighted by Gasteiger charge is 2.14. The maximum Gasteiger partial charge on any atom is 0.270 e. The van der Waals surface area contributed by atoms with Crippen LogP contribution in [0.1, 0.15) is 16.7 Å². The number of ether oxygens (including phenoxy) is 1. The van der Waals surface area contributed by atoms with Crippen molar-refractivity contribution < 1.29 is 9.53 Å². The van der Waals surface area contributed by atoms with Crippen LogP contribution in [0, 0.1) is 6.92 Å². The molecular weight excluding hydrogens is 494 g/mol. The van der Waals surface area contributed by atoms with Crippen LogP contribution in [-0.2, 0) is 17.8 Å². The standard InChI is InChI=1S/C27H24BrN3O3/c1-18-3-7-20(8-4-18)25-16-21(15-19-5-13-24(34-2)14-6-19)27(33)31(30-25)17-26(32)29-23-11-9-22(28)10-12-23/h3-14,16H,15,17H2,1-2H3,(H,29,32). The number of hydrogen-bond donors (Lipinski definition) is 1. The third kappa shape index (κ3) is 5.80. The number of rotatable bonds is 7. The van der Waals surface area contributed by atoms with Gasteiger partial charge in [-0.05, 0) is 55.0 Å². The molecule has 1 aromatic heterocycles. The summed E-state index contributed by atoms with van der Waals surface area (Å²) in [4.78, 5) is 26.0. The monoisotopic (exact) mass is 517 g/mol. The first-order valence-corrected chi connectivity index (χ1v) is 11.6. The van der Waals surface area contributed by atoms with Gasteiger partial charge in [-0.2, -0.15) is 5.10 Å². The molecule has 0 spiro atoms. The SMILES string of the molecule is COc1ccc(Cc2cc(-c3ccc(C)cc3)nn(CC(=O)Nc3ccc(Br)cc3)c2=O)cc1. The van der Waals surface area contributed by atoms with Crippen LogP contribution in [0.25, 0.3) is 11.3 Å². The lowest BCUT2D eigenvalue weighted by molar-refractivity contribution is -0.117. The Labute approximate surface area is 206 Å². The number of hydrogen-bond acceptors (Lipinski definition) is 4. The van der Waals surface area contributed by atoms with Gasteiger partial charge < -0.3 is 10.1 Å². The van der Waals surface area contributed by atoms with E-state index in [2.05, 4.69) is 26.3 Å². The van der Waals surface area contributed by atoms with Crippen LogP contribution in [0.2, 0.25) is 0 Å². The van der Waals surface area contributed by atoms with E-state index in [1.165, 1.54) is 4.68 Å². The van der Waals surface area contributed by atoms with Crippen LogP contribution in [0.3, 0.4) is 0 Å². The molecule has 1 heterocycles. The van der Waals surface area contributed by atoms with Gasteiger partial charge in [0.15, 0.2) is 0 Å². The van der Waals surface area contributed by atoms with Crippen molar-refractivity contribution >= 4 is 27.5 Å². The minimum atomic E-state index is -0.326. The number of nitrogens with zero attached hydrogens (tertiary/aromatic N) is 2. The number of halogens is 1. The van der Waals surface area contributed by atoms with Gasteiger partial charge in [0, 0.05) is 27.7 Å². The number of methoxy groups -OCH3 is 1. The molecule has 0 unspecified atom stereocenters. The number of aryl methyl sites for hydroxylation is 1. The van der Waals surface area contributed by atoms with Crippen molar-refractivity contribution in [2.75, 3.05) is 12.4 Å². The first-order chi connectivity index (χ1) is 16.4. The molecule has 1 amide bonds. The Bertz CT molecular complexity index is 1350. The normalized spacial score (nSPS) is 10.7. The Balaban J connectivity index is 1.67. The first-order valence-electron chi connectivity index (χ1n) is 10.8. The summed E-state index contributed by atoms with van der Waals surface area (Å²) in [6.07, 6.45) is 0.415. The van der Waals surface area contributed by atoms with Gasteiger partial charge in [0.25, 0.3) is 5.56 Å². The second kappa shape index (κ2) is 10.5. The van der Waals surface area contributed by atoms with Crippen LogP contribution >= 0.6 is 15.9 Å². The second-order valence-electron chi connectivity index (χ2n) is 7.96. The molecule has 0 saturated heterocycles. The summed E-state index contributed by atoms with van der Waals surface area (Å²) in [6, 6.07) is 24.6. The molecule has 4 rings (SSSR count). The Hall–Kier alpha value is -3.71. The summed E-state index contributed by atoms with van der Waals surface area (Å²) in [6.45, 7) is 1.82. The summed E-state index contributed by atoms with van der Waals surface area (Å²) < 4.78 is 7.38. The fraction of sp³-hybridized carbons (Fsp3) is 0.148. The van der Waals surface area contributed by atoms with Crippen molar-refractivity contribution in [3.63, 3.8) is 0 Å². The van der Waals surface area contributed by atoms with E-state index in [-0.39, 0.29) is 18.0 Å².